The Morgan fingerprint density at radius 1 is 1.17 bits per heavy atom. The van der Waals surface area contributed by atoms with Crippen molar-refractivity contribution in [3.8, 4) is 11.1 Å². The number of nitrogens with one attached hydrogen (secondary N) is 3. The molecule has 2 aromatic carbocycles. The molecule has 0 saturated heterocycles. The maximum Gasteiger partial charge on any atom is 0.256 e. The van der Waals surface area contributed by atoms with Crippen LogP contribution < -0.4 is 10.6 Å². The van der Waals surface area contributed by atoms with Crippen molar-refractivity contribution in [2.24, 2.45) is 0 Å². The van der Waals surface area contributed by atoms with Gasteiger partial charge in [0.2, 0.25) is 0 Å². The Kier molecular flexibility index (Phi) is 5.96. The summed E-state index contributed by atoms with van der Waals surface area (Å²) in [4.78, 5) is 29.1. The lowest BCUT2D eigenvalue weighted by molar-refractivity contribution is -0.110. The molecule has 35 heavy (non-hydrogen) atoms. The molecule has 2 amide bonds. The molecule has 8 nitrogen and oxygen atoms in total. The topological polar surface area (TPSA) is 105 Å². The summed E-state index contributed by atoms with van der Waals surface area (Å²) in [6, 6.07) is 13.3. The summed E-state index contributed by atoms with van der Waals surface area (Å²) >= 11 is 6.07. The van der Waals surface area contributed by atoms with Crippen molar-refractivity contribution in [3.05, 3.63) is 88.0 Å². The monoisotopic (exact) mass is 486 g/mol. The molecule has 4 aromatic rings. The van der Waals surface area contributed by atoms with Crippen LogP contribution >= 0.6 is 11.6 Å². The summed E-state index contributed by atoms with van der Waals surface area (Å²) < 4.78 is 1.65. The van der Waals surface area contributed by atoms with Crippen LogP contribution in [-0.4, -0.2) is 38.3 Å². The van der Waals surface area contributed by atoms with Crippen molar-refractivity contribution < 1.29 is 9.59 Å². The minimum atomic E-state index is -0.188. The zero-order valence-corrected chi connectivity index (χ0v) is 20.0. The molecular weight excluding hydrogens is 464 g/mol. The SMILES string of the molecule is Cc1[nH]c(C=C2C(=O)Nc3cccc(-c4ccc(Cl)cc4)c32)c(C)c1C(=O)NCCn1ccnn1. The van der Waals surface area contributed by atoms with Crippen LogP contribution in [0.2, 0.25) is 5.02 Å². The molecule has 2 aromatic heterocycles. The first-order valence-corrected chi connectivity index (χ1v) is 11.5. The van der Waals surface area contributed by atoms with Crippen LogP contribution in [0.5, 0.6) is 0 Å². The maximum absolute atomic E-state index is 13.0. The second-order valence-electron chi connectivity index (χ2n) is 8.33. The number of hydrogen-bond acceptors (Lipinski definition) is 4. The van der Waals surface area contributed by atoms with Crippen LogP contribution in [0.4, 0.5) is 5.69 Å². The van der Waals surface area contributed by atoms with Gasteiger partial charge in [-0.25, -0.2) is 0 Å². The van der Waals surface area contributed by atoms with Gasteiger partial charge in [0.05, 0.1) is 23.9 Å². The summed E-state index contributed by atoms with van der Waals surface area (Å²) in [6.45, 7) is 4.67. The normalized spacial score (nSPS) is 13.7. The Balaban J connectivity index is 1.47. The van der Waals surface area contributed by atoms with Crippen molar-refractivity contribution >= 4 is 40.8 Å². The summed E-state index contributed by atoms with van der Waals surface area (Å²) in [5.41, 5.74) is 6.79. The van der Waals surface area contributed by atoms with E-state index in [2.05, 4.69) is 25.9 Å². The standard InChI is InChI=1S/C26H23ClN6O2/c1-15-22(30-16(2)23(15)26(35)28-10-12-33-13-11-29-32-33)14-20-24-19(17-6-8-18(27)9-7-17)4-3-5-21(24)31-25(20)34/h3-9,11,13-14,30H,10,12H2,1-2H3,(H,28,35)(H,31,34). The predicted octanol–water partition coefficient (Wildman–Crippen LogP) is 4.47. The second-order valence-corrected chi connectivity index (χ2v) is 8.77. The Morgan fingerprint density at radius 2 is 1.97 bits per heavy atom. The molecule has 1 aliphatic heterocycles. The second kappa shape index (κ2) is 9.23. The first-order valence-electron chi connectivity index (χ1n) is 11.2. The Bertz CT molecular complexity index is 1450. The van der Waals surface area contributed by atoms with E-state index in [1.807, 2.05) is 62.4 Å². The molecule has 9 heteroatoms. The number of benzene rings is 2. The van der Waals surface area contributed by atoms with E-state index in [9.17, 15) is 9.59 Å². The quantitative estimate of drug-likeness (QED) is 0.350. The molecule has 3 N–H and O–H groups in total. The van der Waals surface area contributed by atoms with Gasteiger partial charge in [-0.2, -0.15) is 0 Å². The Labute approximate surface area is 207 Å². The summed E-state index contributed by atoms with van der Waals surface area (Å²) in [5, 5.41) is 14.2. The highest BCUT2D eigenvalue weighted by molar-refractivity contribution is 6.36. The van der Waals surface area contributed by atoms with Gasteiger partial charge >= 0.3 is 0 Å². The molecule has 1 aliphatic rings. The lowest BCUT2D eigenvalue weighted by atomic mass is 9.94. The maximum atomic E-state index is 13.0. The van der Waals surface area contributed by atoms with Gasteiger partial charge in [0.15, 0.2) is 0 Å². The molecule has 5 rings (SSSR count). The van der Waals surface area contributed by atoms with E-state index in [1.165, 1.54) is 0 Å². The van der Waals surface area contributed by atoms with Crippen molar-refractivity contribution in [2.45, 2.75) is 20.4 Å². The third-order valence-corrected chi connectivity index (χ3v) is 6.32. The number of halogens is 1. The lowest BCUT2D eigenvalue weighted by Gasteiger charge is -2.09. The summed E-state index contributed by atoms with van der Waals surface area (Å²) in [6.07, 6.45) is 5.15. The van der Waals surface area contributed by atoms with Gasteiger partial charge in [0, 0.05) is 40.4 Å². The zero-order chi connectivity index (χ0) is 24.5. The smallest absolute Gasteiger partial charge is 0.256 e. The van der Waals surface area contributed by atoms with E-state index in [-0.39, 0.29) is 11.8 Å². The number of aromatic amines is 1. The van der Waals surface area contributed by atoms with Gasteiger partial charge in [-0.15, -0.1) is 5.10 Å². The van der Waals surface area contributed by atoms with Gasteiger partial charge < -0.3 is 15.6 Å². The van der Waals surface area contributed by atoms with Crippen LogP contribution in [-0.2, 0) is 11.3 Å². The van der Waals surface area contributed by atoms with Gasteiger partial charge in [0.1, 0.15) is 0 Å². The molecule has 0 radical (unpaired) electrons. The van der Waals surface area contributed by atoms with Crippen LogP contribution in [0, 0.1) is 13.8 Å². The Morgan fingerprint density at radius 3 is 2.71 bits per heavy atom. The number of fused-ring (bicyclic) bond motifs is 1. The molecule has 3 heterocycles. The molecule has 0 bridgehead atoms. The van der Waals surface area contributed by atoms with E-state index in [0.717, 1.165) is 33.6 Å². The predicted molar refractivity (Wildman–Crippen MR) is 136 cm³/mol. The van der Waals surface area contributed by atoms with Crippen molar-refractivity contribution in [1.82, 2.24) is 25.3 Å². The van der Waals surface area contributed by atoms with Crippen molar-refractivity contribution in [2.75, 3.05) is 11.9 Å². The van der Waals surface area contributed by atoms with E-state index in [1.54, 1.807) is 17.1 Å². The van der Waals surface area contributed by atoms with E-state index in [4.69, 9.17) is 11.6 Å². The highest BCUT2D eigenvalue weighted by Gasteiger charge is 2.28. The van der Waals surface area contributed by atoms with Crippen LogP contribution in [0.3, 0.4) is 0 Å². The van der Waals surface area contributed by atoms with Crippen LogP contribution in [0.1, 0.15) is 32.9 Å². The molecule has 0 unspecified atom stereocenters. The van der Waals surface area contributed by atoms with Gasteiger partial charge in [0.25, 0.3) is 11.8 Å². The van der Waals surface area contributed by atoms with Gasteiger partial charge in [-0.05, 0) is 54.8 Å². The number of rotatable bonds is 6. The lowest BCUT2D eigenvalue weighted by Crippen LogP contribution is -2.28. The highest BCUT2D eigenvalue weighted by Crippen LogP contribution is 2.41. The fourth-order valence-electron chi connectivity index (χ4n) is 4.39. The minimum absolute atomic E-state index is 0.181. The number of amides is 2. The van der Waals surface area contributed by atoms with E-state index < -0.39 is 0 Å². The largest absolute Gasteiger partial charge is 0.358 e. The summed E-state index contributed by atoms with van der Waals surface area (Å²) in [7, 11) is 0. The average Bonchev–Trinajstić information content (AvgIpc) is 3.53. The molecule has 0 fully saturated rings. The minimum Gasteiger partial charge on any atom is -0.358 e. The van der Waals surface area contributed by atoms with E-state index >= 15 is 0 Å². The van der Waals surface area contributed by atoms with Crippen LogP contribution in [0.25, 0.3) is 22.8 Å². The third kappa shape index (κ3) is 4.36. The average molecular weight is 487 g/mol. The Hall–Kier alpha value is -4.17. The first-order chi connectivity index (χ1) is 16.9. The first kappa shape index (κ1) is 22.6. The molecular formula is C26H23ClN6O2. The van der Waals surface area contributed by atoms with Crippen molar-refractivity contribution in [3.63, 3.8) is 0 Å². The van der Waals surface area contributed by atoms with Crippen LogP contribution in [0.15, 0.2) is 54.9 Å². The fraction of sp³-hybridized carbons (Fsp3) is 0.154. The number of aromatic nitrogens is 4. The number of hydrogen-bond donors (Lipinski definition) is 3. The molecule has 0 spiro atoms. The molecule has 176 valence electrons. The number of carbonyl (C=O) groups is 2. The number of H-pyrrole nitrogens is 1. The number of anilines is 1. The number of nitrogens with zero attached hydrogens (tertiary/aromatic N) is 3. The number of carbonyl (C=O) groups excluding carboxylic acids is 2. The van der Waals surface area contributed by atoms with Gasteiger partial charge in [-0.1, -0.05) is 41.1 Å². The fourth-order valence-corrected chi connectivity index (χ4v) is 4.51. The van der Waals surface area contributed by atoms with Crippen molar-refractivity contribution in [1.29, 1.82) is 0 Å². The molecule has 0 atom stereocenters. The highest BCUT2D eigenvalue weighted by atomic mass is 35.5. The zero-order valence-electron chi connectivity index (χ0n) is 19.2. The third-order valence-electron chi connectivity index (χ3n) is 6.07. The summed E-state index contributed by atoms with van der Waals surface area (Å²) in [5.74, 6) is -0.369. The molecule has 0 aliphatic carbocycles. The molecule has 0 saturated carbocycles. The van der Waals surface area contributed by atoms with E-state index in [0.29, 0.717) is 34.9 Å². The van der Waals surface area contributed by atoms with Gasteiger partial charge in [-0.3, -0.25) is 14.3 Å². The number of aryl methyl sites for hydroxylation is 1.